The summed E-state index contributed by atoms with van der Waals surface area (Å²) in [5.74, 6) is 3.80. The smallest absolute Gasteiger partial charge is 0.250 e. The van der Waals surface area contributed by atoms with E-state index in [1.165, 1.54) is 11.0 Å². The average Bonchev–Trinajstić information content (AvgIpc) is 3.37. The Labute approximate surface area is 182 Å². The Morgan fingerprint density at radius 3 is 2.42 bits per heavy atom. The molecular formula is C23H25N5O2S. The summed E-state index contributed by atoms with van der Waals surface area (Å²) in [4.78, 5) is 17.1. The normalized spacial score (nSPS) is 16.1. The van der Waals surface area contributed by atoms with Crippen molar-refractivity contribution in [1.29, 1.82) is 0 Å². The molecule has 3 aromatic rings. The Kier molecular flexibility index (Phi) is 5.51. The van der Waals surface area contributed by atoms with E-state index in [0.29, 0.717) is 16.3 Å². The fraction of sp³-hybridized carbons (Fsp3) is 0.217. The number of carbonyl (C=O) groups is 1. The second-order valence-corrected chi connectivity index (χ2v) is 9.98. The molecule has 4 rings (SSSR count). The van der Waals surface area contributed by atoms with Crippen molar-refractivity contribution in [2.24, 2.45) is 5.73 Å². The molecule has 1 unspecified atom stereocenters. The first kappa shape index (κ1) is 21.0. The number of carbonyl (C=O) groups excluding carboxylic acids is 1. The zero-order valence-corrected chi connectivity index (χ0v) is 18.4. The van der Waals surface area contributed by atoms with E-state index in [2.05, 4.69) is 26.7 Å². The number of hydrogen-bond donors (Lipinski definition) is 2. The molecule has 1 aromatic heterocycles. The summed E-state index contributed by atoms with van der Waals surface area (Å²) >= 11 is 0. The second-order valence-electron chi connectivity index (χ2n) is 7.92. The molecule has 2 aromatic carbocycles. The van der Waals surface area contributed by atoms with Crippen molar-refractivity contribution in [2.45, 2.75) is 37.6 Å². The molecule has 1 aliphatic rings. The zero-order valence-electron chi connectivity index (χ0n) is 17.5. The van der Waals surface area contributed by atoms with Crippen molar-refractivity contribution in [3.05, 3.63) is 65.5 Å². The molecule has 1 heterocycles. The minimum Gasteiger partial charge on any atom is -0.366 e. The average molecular weight is 436 g/mol. The van der Waals surface area contributed by atoms with Crippen LogP contribution in [0.4, 0.5) is 0 Å². The van der Waals surface area contributed by atoms with E-state index >= 15 is 0 Å². The van der Waals surface area contributed by atoms with E-state index in [1.54, 1.807) is 30.5 Å². The highest BCUT2D eigenvalue weighted by Gasteiger charge is 2.25. The fourth-order valence-electron chi connectivity index (χ4n) is 3.38. The SMILES string of the molecule is C=S(=O)(NC1CC1)c1ccc(/C(=C\n2cnc(-c3cc(C)cc(C)c3)n2)C(N)=O)cc1. The van der Waals surface area contributed by atoms with Crippen LogP contribution in [-0.2, 0) is 14.5 Å². The first-order valence-electron chi connectivity index (χ1n) is 9.98. The number of aromatic nitrogens is 3. The monoisotopic (exact) mass is 435 g/mol. The van der Waals surface area contributed by atoms with Gasteiger partial charge in [-0.3, -0.25) is 4.79 Å². The van der Waals surface area contributed by atoms with Crippen LogP contribution in [0.1, 0.15) is 29.5 Å². The third kappa shape index (κ3) is 4.92. The molecular weight excluding hydrogens is 410 g/mol. The largest absolute Gasteiger partial charge is 0.366 e. The summed E-state index contributed by atoms with van der Waals surface area (Å²) in [6.07, 6.45) is 5.11. The van der Waals surface area contributed by atoms with Crippen LogP contribution >= 0.6 is 0 Å². The lowest BCUT2D eigenvalue weighted by Gasteiger charge is -2.11. The molecule has 0 spiro atoms. The van der Waals surface area contributed by atoms with Gasteiger partial charge in [0.05, 0.1) is 15.3 Å². The van der Waals surface area contributed by atoms with Crippen molar-refractivity contribution in [3.63, 3.8) is 0 Å². The van der Waals surface area contributed by atoms with E-state index in [9.17, 15) is 9.00 Å². The fourth-order valence-corrected chi connectivity index (χ4v) is 4.86. The molecule has 1 atom stereocenters. The van der Waals surface area contributed by atoms with Crippen LogP contribution in [0.3, 0.4) is 0 Å². The number of amides is 1. The van der Waals surface area contributed by atoms with Crippen LogP contribution in [0.2, 0.25) is 0 Å². The Bertz CT molecular complexity index is 1250. The number of benzene rings is 2. The molecule has 7 nitrogen and oxygen atoms in total. The molecule has 0 saturated heterocycles. The van der Waals surface area contributed by atoms with Crippen molar-refractivity contribution in [2.75, 3.05) is 0 Å². The van der Waals surface area contributed by atoms with Gasteiger partial charge in [-0.15, -0.1) is 5.10 Å². The predicted molar refractivity (Wildman–Crippen MR) is 124 cm³/mol. The maximum absolute atomic E-state index is 12.8. The second kappa shape index (κ2) is 8.13. The third-order valence-electron chi connectivity index (χ3n) is 5.00. The van der Waals surface area contributed by atoms with E-state index in [1.807, 2.05) is 26.0 Å². The number of primary amides is 1. The summed E-state index contributed by atoms with van der Waals surface area (Å²) in [5.41, 5.74) is 9.64. The van der Waals surface area contributed by atoms with Gasteiger partial charge < -0.3 is 5.73 Å². The standard InChI is InChI=1S/C23H25N5O2S/c1-15-10-16(2)12-18(11-15)23-25-14-28(26-23)13-21(22(24)29)17-4-8-20(9-5-17)31(3,30)27-19-6-7-19/h4-5,8-14,19H,3,6-7H2,1-2H3,(H2,24,29)(H,27,30)/b21-13+. The quantitative estimate of drug-likeness (QED) is 0.440. The molecule has 1 aliphatic carbocycles. The Hall–Kier alpha value is -3.23. The lowest BCUT2D eigenvalue weighted by molar-refractivity contribution is -0.112. The van der Waals surface area contributed by atoms with Gasteiger partial charge in [-0.05, 0) is 62.4 Å². The van der Waals surface area contributed by atoms with Crippen LogP contribution in [0.25, 0.3) is 23.2 Å². The van der Waals surface area contributed by atoms with Crippen molar-refractivity contribution < 1.29 is 9.00 Å². The maximum Gasteiger partial charge on any atom is 0.250 e. The zero-order chi connectivity index (χ0) is 22.2. The van der Waals surface area contributed by atoms with E-state index in [0.717, 1.165) is 29.5 Å². The van der Waals surface area contributed by atoms with E-state index in [-0.39, 0.29) is 11.6 Å². The Morgan fingerprint density at radius 1 is 1.19 bits per heavy atom. The molecule has 0 bridgehead atoms. The number of nitrogens with one attached hydrogen (secondary N) is 1. The van der Waals surface area contributed by atoms with Crippen molar-refractivity contribution >= 4 is 33.3 Å². The minimum absolute atomic E-state index is 0.268. The molecule has 1 amide bonds. The summed E-state index contributed by atoms with van der Waals surface area (Å²) in [6.45, 7) is 4.04. The van der Waals surface area contributed by atoms with Crippen LogP contribution < -0.4 is 10.5 Å². The van der Waals surface area contributed by atoms with Gasteiger partial charge in [0.2, 0.25) is 0 Å². The number of hydrogen-bond acceptors (Lipinski definition) is 4. The first-order valence-corrected chi connectivity index (χ1v) is 11.7. The van der Waals surface area contributed by atoms with E-state index < -0.39 is 15.6 Å². The van der Waals surface area contributed by atoms with Crippen molar-refractivity contribution in [1.82, 2.24) is 19.5 Å². The van der Waals surface area contributed by atoms with Gasteiger partial charge in [0.25, 0.3) is 5.91 Å². The number of nitrogens with zero attached hydrogens (tertiary/aromatic N) is 3. The summed E-state index contributed by atoms with van der Waals surface area (Å²) in [7, 11) is -2.57. The van der Waals surface area contributed by atoms with Gasteiger partial charge in [-0.25, -0.2) is 18.6 Å². The molecule has 31 heavy (non-hydrogen) atoms. The molecule has 0 radical (unpaired) electrons. The number of aryl methyl sites for hydroxylation is 2. The van der Waals surface area contributed by atoms with Gasteiger partial charge in [-0.1, -0.05) is 29.3 Å². The van der Waals surface area contributed by atoms with E-state index in [4.69, 9.17) is 5.73 Å². The number of rotatable bonds is 7. The first-order chi connectivity index (χ1) is 14.7. The Balaban J connectivity index is 1.62. The van der Waals surface area contributed by atoms with Crippen molar-refractivity contribution in [3.8, 4) is 11.4 Å². The van der Waals surface area contributed by atoms with Crippen LogP contribution in [-0.4, -0.2) is 36.8 Å². The molecule has 8 heteroatoms. The van der Waals surface area contributed by atoms with Crippen LogP contribution in [0, 0.1) is 13.8 Å². The lowest BCUT2D eigenvalue weighted by atomic mass is 10.1. The topological polar surface area (TPSA) is 103 Å². The van der Waals surface area contributed by atoms with Gasteiger partial charge >= 0.3 is 0 Å². The predicted octanol–water partition coefficient (Wildman–Crippen LogP) is 2.79. The van der Waals surface area contributed by atoms with Gasteiger partial charge in [0.1, 0.15) is 6.33 Å². The highest BCUT2D eigenvalue weighted by atomic mass is 32.2. The third-order valence-corrected chi connectivity index (χ3v) is 6.74. The highest BCUT2D eigenvalue weighted by molar-refractivity contribution is 7.98. The molecule has 1 fully saturated rings. The number of nitrogens with two attached hydrogens (primary N) is 1. The Morgan fingerprint density at radius 2 is 1.84 bits per heavy atom. The van der Waals surface area contributed by atoms with Gasteiger partial charge in [-0.2, -0.15) is 0 Å². The molecule has 0 aliphatic heterocycles. The molecule has 160 valence electrons. The highest BCUT2D eigenvalue weighted by Crippen LogP contribution is 2.24. The van der Waals surface area contributed by atoms with Crippen LogP contribution in [0.5, 0.6) is 0 Å². The summed E-state index contributed by atoms with van der Waals surface area (Å²) in [5, 5.41) is 4.46. The van der Waals surface area contributed by atoms with Gasteiger partial charge in [0, 0.05) is 22.7 Å². The molecule has 1 saturated carbocycles. The minimum atomic E-state index is -2.57. The molecule has 3 N–H and O–H groups in total. The van der Waals surface area contributed by atoms with Gasteiger partial charge in [0.15, 0.2) is 5.82 Å². The summed E-state index contributed by atoms with van der Waals surface area (Å²) in [6, 6.07) is 13.2. The lowest BCUT2D eigenvalue weighted by Crippen LogP contribution is -2.25. The van der Waals surface area contributed by atoms with Crippen LogP contribution in [0.15, 0.2) is 53.7 Å². The maximum atomic E-state index is 12.8. The summed E-state index contributed by atoms with van der Waals surface area (Å²) < 4.78 is 17.3.